The molecule has 0 unspecified atom stereocenters. The monoisotopic (exact) mass is 260 g/mol. The summed E-state index contributed by atoms with van der Waals surface area (Å²) in [6, 6.07) is 8.34. The van der Waals surface area contributed by atoms with Crippen molar-refractivity contribution in [2.45, 2.75) is 38.5 Å². The molecule has 0 bridgehead atoms. The van der Waals surface area contributed by atoms with Gasteiger partial charge in [0, 0.05) is 13.1 Å². The molecule has 0 atom stereocenters. The van der Waals surface area contributed by atoms with Crippen molar-refractivity contribution in [1.82, 2.24) is 10.6 Å². The van der Waals surface area contributed by atoms with E-state index in [1.165, 1.54) is 11.1 Å². The van der Waals surface area contributed by atoms with Gasteiger partial charge in [-0.15, -0.1) is 0 Å². The predicted molar refractivity (Wildman–Crippen MR) is 78.3 cm³/mol. The molecule has 0 saturated heterocycles. The van der Waals surface area contributed by atoms with Gasteiger partial charge in [-0.05, 0) is 38.3 Å². The van der Waals surface area contributed by atoms with Crippen molar-refractivity contribution in [3.63, 3.8) is 0 Å². The van der Waals surface area contributed by atoms with Crippen molar-refractivity contribution in [3.8, 4) is 0 Å². The Morgan fingerprint density at radius 3 is 2.68 bits per heavy atom. The van der Waals surface area contributed by atoms with Crippen molar-refractivity contribution < 1.29 is 4.79 Å². The summed E-state index contributed by atoms with van der Waals surface area (Å²) in [6.07, 6.45) is 3.08. The molecule has 0 aliphatic heterocycles. The Morgan fingerprint density at radius 1 is 1.26 bits per heavy atom. The zero-order chi connectivity index (χ0) is 13.7. The summed E-state index contributed by atoms with van der Waals surface area (Å²) in [4.78, 5) is 12.3. The van der Waals surface area contributed by atoms with E-state index in [4.69, 9.17) is 0 Å². The quantitative estimate of drug-likeness (QED) is 0.738. The van der Waals surface area contributed by atoms with Crippen molar-refractivity contribution in [3.05, 3.63) is 35.4 Å². The lowest BCUT2D eigenvalue weighted by molar-refractivity contribution is -0.123. The standard InChI is InChI=1S/C16H24N2O/c1-3-9-17-10-11-18-15(19)16(7-8-16)14-6-4-5-13(2)12-14/h4-6,12,17H,3,7-11H2,1-2H3,(H,18,19). The van der Waals surface area contributed by atoms with E-state index < -0.39 is 0 Å². The number of amides is 1. The third-order valence-corrected chi connectivity index (χ3v) is 3.77. The zero-order valence-electron chi connectivity index (χ0n) is 12.0. The van der Waals surface area contributed by atoms with E-state index in [1.807, 2.05) is 6.07 Å². The lowest BCUT2D eigenvalue weighted by Crippen LogP contribution is -2.38. The Balaban J connectivity index is 1.88. The van der Waals surface area contributed by atoms with Crippen LogP contribution in [0.4, 0.5) is 0 Å². The molecule has 3 nitrogen and oxygen atoms in total. The second-order valence-electron chi connectivity index (χ2n) is 5.46. The molecule has 3 heteroatoms. The highest BCUT2D eigenvalue weighted by molar-refractivity contribution is 5.91. The van der Waals surface area contributed by atoms with Gasteiger partial charge in [0.15, 0.2) is 0 Å². The van der Waals surface area contributed by atoms with Crippen LogP contribution in [-0.2, 0) is 10.2 Å². The molecule has 1 fully saturated rings. The van der Waals surface area contributed by atoms with Gasteiger partial charge in [0.05, 0.1) is 5.41 Å². The summed E-state index contributed by atoms with van der Waals surface area (Å²) in [5.74, 6) is 0.191. The average molecular weight is 260 g/mol. The van der Waals surface area contributed by atoms with Crippen LogP contribution in [-0.4, -0.2) is 25.5 Å². The lowest BCUT2D eigenvalue weighted by Gasteiger charge is -2.16. The maximum Gasteiger partial charge on any atom is 0.230 e. The topological polar surface area (TPSA) is 41.1 Å². The number of nitrogens with one attached hydrogen (secondary N) is 2. The van der Waals surface area contributed by atoms with Gasteiger partial charge < -0.3 is 10.6 Å². The highest BCUT2D eigenvalue weighted by atomic mass is 16.2. The van der Waals surface area contributed by atoms with Crippen LogP contribution in [0.5, 0.6) is 0 Å². The number of rotatable bonds is 7. The number of carbonyl (C=O) groups excluding carboxylic acids is 1. The molecule has 1 aliphatic rings. The third-order valence-electron chi connectivity index (χ3n) is 3.77. The highest BCUT2D eigenvalue weighted by Crippen LogP contribution is 2.48. The summed E-state index contributed by atoms with van der Waals surface area (Å²) in [6.45, 7) is 6.80. The van der Waals surface area contributed by atoms with Crippen LogP contribution < -0.4 is 10.6 Å². The van der Waals surface area contributed by atoms with Crippen LogP contribution in [0.3, 0.4) is 0 Å². The fraction of sp³-hybridized carbons (Fsp3) is 0.562. The van der Waals surface area contributed by atoms with E-state index in [0.717, 1.165) is 32.4 Å². The first-order valence-corrected chi connectivity index (χ1v) is 7.25. The molecule has 104 valence electrons. The van der Waals surface area contributed by atoms with Crippen molar-refractivity contribution in [2.75, 3.05) is 19.6 Å². The summed E-state index contributed by atoms with van der Waals surface area (Å²) in [5.41, 5.74) is 2.16. The molecule has 1 saturated carbocycles. The fourth-order valence-corrected chi connectivity index (χ4v) is 2.45. The Kier molecular flexibility index (Phi) is 4.59. The molecule has 19 heavy (non-hydrogen) atoms. The zero-order valence-corrected chi connectivity index (χ0v) is 12.0. The van der Waals surface area contributed by atoms with Crippen molar-refractivity contribution >= 4 is 5.91 Å². The smallest absolute Gasteiger partial charge is 0.230 e. The summed E-state index contributed by atoms with van der Waals surface area (Å²) in [7, 11) is 0. The molecule has 0 radical (unpaired) electrons. The second kappa shape index (κ2) is 6.20. The predicted octanol–water partition coefficient (Wildman–Crippen LogP) is 2.14. The van der Waals surface area contributed by atoms with Crippen LogP contribution in [0.25, 0.3) is 0 Å². The Bertz CT molecular complexity index is 438. The van der Waals surface area contributed by atoms with Gasteiger partial charge in [-0.2, -0.15) is 0 Å². The third kappa shape index (κ3) is 3.35. The second-order valence-corrected chi connectivity index (χ2v) is 5.46. The summed E-state index contributed by atoms with van der Waals surface area (Å²) >= 11 is 0. The molecule has 1 aromatic rings. The molecular weight excluding hydrogens is 236 g/mol. The molecular formula is C16H24N2O. The van der Waals surface area contributed by atoms with Gasteiger partial charge >= 0.3 is 0 Å². The molecule has 1 aromatic carbocycles. The SMILES string of the molecule is CCCNCCNC(=O)C1(c2cccc(C)c2)CC1. The number of hydrogen-bond donors (Lipinski definition) is 2. The molecule has 2 N–H and O–H groups in total. The Labute approximate surface area is 115 Å². The van der Waals surface area contributed by atoms with E-state index >= 15 is 0 Å². The number of carbonyl (C=O) groups is 1. The van der Waals surface area contributed by atoms with Crippen molar-refractivity contribution in [2.24, 2.45) is 0 Å². The molecule has 2 rings (SSSR count). The molecule has 1 aliphatic carbocycles. The normalized spacial score (nSPS) is 16.1. The largest absolute Gasteiger partial charge is 0.354 e. The van der Waals surface area contributed by atoms with E-state index in [0.29, 0.717) is 6.54 Å². The summed E-state index contributed by atoms with van der Waals surface area (Å²) in [5, 5.41) is 6.36. The van der Waals surface area contributed by atoms with Crippen LogP contribution in [0, 0.1) is 6.92 Å². The first kappa shape index (κ1) is 14.1. The maximum atomic E-state index is 12.3. The molecule has 0 heterocycles. The number of benzene rings is 1. The number of hydrogen-bond acceptors (Lipinski definition) is 2. The first-order chi connectivity index (χ1) is 9.19. The van der Waals surface area contributed by atoms with Gasteiger partial charge in [0.25, 0.3) is 0 Å². The van der Waals surface area contributed by atoms with E-state index in [-0.39, 0.29) is 11.3 Å². The van der Waals surface area contributed by atoms with Crippen LogP contribution in [0.2, 0.25) is 0 Å². The van der Waals surface area contributed by atoms with Gasteiger partial charge in [-0.3, -0.25) is 4.79 Å². The molecule has 0 aromatic heterocycles. The fourth-order valence-electron chi connectivity index (χ4n) is 2.45. The summed E-state index contributed by atoms with van der Waals surface area (Å²) < 4.78 is 0. The number of aryl methyl sites for hydroxylation is 1. The molecule has 1 amide bonds. The van der Waals surface area contributed by atoms with Crippen molar-refractivity contribution in [1.29, 1.82) is 0 Å². The molecule has 0 spiro atoms. The van der Waals surface area contributed by atoms with Gasteiger partial charge in [0.2, 0.25) is 5.91 Å². The maximum absolute atomic E-state index is 12.3. The van der Waals surface area contributed by atoms with Crippen LogP contribution in [0.1, 0.15) is 37.3 Å². The van der Waals surface area contributed by atoms with E-state index in [9.17, 15) is 4.79 Å². The minimum Gasteiger partial charge on any atom is -0.354 e. The Morgan fingerprint density at radius 2 is 2.05 bits per heavy atom. The first-order valence-electron chi connectivity index (χ1n) is 7.25. The highest BCUT2D eigenvalue weighted by Gasteiger charge is 2.50. The van der Waals surface area contributed by atoms with Gasteiger partial charge in [-0.25, -0.2) is 0 Å². The Hall–Kier alpha value is -1.35. The van der Waals surface area contributed by atoms with E-state index in [2.05, 4.69) is 42.7 Å². The van der Waals surface area contributed by atoms with Crippen LogP contribution >= 0.6 is 0 Å². The lowest BCUT2D eigenvalue weighted by atomic mass is 9.93. The minimum atomic E-state index is -0.239. The van der Waals surface area contributed by atoms with Crippen LogP contribution in [0.15, 0.2) is 24.3 Å². The van der Waals surface area contributed by atoms with E-state index in [1.54, 1.807) is 0 Å². The average Bonchev–Trinajstić information content (AvgIpc) is 3.20. The van der Waals surface area contributed by atoms with Gasteiger partial charge in [-0.1, -0.05) is 36.8 Å². The van der Waals surface area contributed by atoms with Gasteiger partial charge in [0.1, 0.15) is 0 Å². The minimum absolute atomic E-state index is 0.191.